The van der Waals surface area contributed by atoms with Crippen LogP contribution in [0.5, 0.6) is 0 Å². The van der Waals surface area contributed by atoms with Crippen LogP contribution >= 0.6 is 0 Å². The van der Waals surface area contributed by atoms with Crippen molar-refractivity contribution in [3.8, 4) is 0 Å². The lowest BCUT2D eigenvalue weighted by atomic mass is 10.2. The molecule has 1 aromatic rings. The monoisotopic (exact) mass is 321 g/mol. The minimum Gasteiger partial charge on any atom is -0.450 e. The van der Waals surface area contributed by atoms with E-state index in [4.69, 9.17) is 4.74 Å². The van der Waals surface area contributed by atoms with Gasteiger partial charge in [0.2, 0.25) is 11.8 Å². The van der Waals surface area contributed by atoms with Crippen LogP contribution in [0.15, 0.2) is 24.3 Å². The zero-order valence-electron chi connectivity index (χ0n) is 13.9. The number of carbonyl (C=O) groups excluding carboxylic acids is 3. The van der Waals surface area contributed by atoms with Crippen LogP contribution in [0.2, 0.25) is 0 Å². The number of hydrogen-bond acceptors (Lipinski definition) is 4. The summed E-state index contributed by atoms with van der Waals surface area (Å²) in [7, 11) is 1.48. The zero-order valence-corrected chi connectivity index (χ0v) is 13.9. The molecule has 3 amide bonds. The minimum atomic E-state index is -0.555. The quantitative estimate of drug-likeness (QED) is 0.841. The van der Waals surface area contributed by atoms with Crippen LogP contribution in [0.25, 0.3) is 0 Å². The van der Waals surface area contributed by atoms with E-state index >= 15 is 0 Å². The molecule has 0 aliphatic heterocycles. The summed E-state index contributed by atoms with van der Waals surface area (Å²) in [4.78, 5) is 36.2. The smallest absolute Gasteiger partial charge is 0.409 e. The van der Waals surface area contributed by atoms with Gasteiger partial charge in [0.05, 0.1) is 6.61 Å². The number of likely N-dealkylation sites (N-methyl/N-ethyl adjacent to an activating group) is 1. The maximum atomic E-state index is 11.9. The van der Waals surface area contributed by atoms with Crippen molar-refractivity contribution in [1.29, 1.82) is 0 Å². The van der Waals surface area contributed by atoms with Crippen molar-refractivity contribution in [2.75, 3.05) is 30.8 Å². The van der Waals surface area contributed by atoms with Crippen LogP contribution < -0.4 is 10.6 Å². The number of benzene rings is 1. The Hall–Kier alpha value is -2.57. The van der Waals surface area contributed by atoms with E-state index in [1.54, 1.807) is 45.0 Å². The first kappa shape index (κ1) is 18.5. The number of carbonyl (C=O) groups is 3. The van der Waals surface area contributed by atoms with Crippen LogP contribution in [-0.4, -0.2) is 43.0 Å². The summed E-state index contributed by atoms with van der Waals surface area (Å²) in [5.41, 5.74) is 1.13. The molecule has 0 spiro atoms. The Labute approximate surface area is 136 Å². The van der Waals surface area contributed by atoms with Crippen molar-refractivity contribution in [2.45, 2.75) is 20.8 Å². The van der Waals surface area contributed by atoms with Crippen molar-refractivity contribution in [1.82, 2.24) is 4.90 Å². The molecule has 1 aromatic carbocycles. The molecule has 0 radical (unpaired) electrons. The molecule has 0 aromatic heterocycles. The van der Waals surface area contributed by atoms with Crippen molar-refractivity contribution in [3.63, 3.8) is 0 Å². The van der Waals surface area contributed by atoms with Crippen molar-refractivity contribution >= 4 is 29.3 Å². The Balaban J connectivity index is 2.61. The first-order valence-corrected chi connectivity index (χ1v) is 7.42. The first-order valence-electron chi connectivity index (χ1n) is 7.42. The molecule has 0 bridgehead atoms. The summed E-state index contributed by atoms with van der Waals surface area (Å²) in [6, 6.07) is 6.82. The molecule has 7 heteroatoms. The van der Waals surface area contributed by atoms with Crippen LogP contribution in [0.1, 0.15) is 20.8 Å². The highest BCUT2D eigenvalue weighted by molar-refractivity contribution is 5.96. The summed E-state index contributed by atoms with van der Waals surface area (Å²) < 4.78 is 4.80. The summed E-state index contributed by atoms with van der Waals surface area (Å²) in [6.45, 7) is 5.42. The van der Waals surface area contributed by atoms with Gasteiger partial charge in [-0.05, 0) is 25.1 Å². The molecule has 7 nitrogen and oxygen atoms in total. The summed E-state index contributed by atoms with van der Waals surface area (Å²) >= 11 is 0. The van der Waals surface area contributed by atoms with Crippen LogP contribution in [0, 0.1) is 5.92 Å². The molecule has 0 saturated carbocycles. The van der Waals surface area contributed by atoms with E-state index in [1.165, 1.54) is 11.9 Å². The fourth-order valence-electron chi connectivity index (χ4n) is 1.68. The third kappa shape index (κ3) is 6.37. The maximum absolute atomic E-state index is 11.9. The van der Waals surface area contributed by atoms with Crippen molar-refractivity contribution < 1.29 is 19.1 Å². The zero-order chi connectivity index (χ0) is 17.4. The maximum Gasteiger partial charge on any atom is 0.409 e. The van der Waals surface area contributed by atoms with Crippen molar-refractivity contribution in [3.05, 3.63) is 24.3 Å². The van der Waals surface area contributed by atoms with E-state index in [9.17, 15) is 14.4 Å². The molecule has 0 fully saturated rings. The average Bonchev–Trinajstić information content (AvgIpc) is 2.47. The van der Waals surface area contributed by atoms with E-state index < -0.39 is 6.09 Å². The highest BCUT2D eigenvalue weighted by Crippen LogP contribution is 2.16. The predicted octanol–water partition coefficient (Wildman–Crippen LogP) is 2.31. The molecule has 0 heterocycles. The second-order valence-electron chi connectivity index (χ2n) is 5.33. The molecule has 0 aliphatic carbocycles. The largest absolute Gasteiger partial charge is 0.450 e. The van der Waals surface area contributed by atoms with E-state index in [2.05, 4.69) is 10.6 Å². The minimum absolute atomic E-state index is 0.101. The standard InChI is InChI=1S/C16H23N3O4/c1-5-23-16(22)19(4)10-14(20)17-12-7-6-8-13(9-12)18-15(21)11(2)3/h6-9,11H,5,10H2,1-4H3,(H,17,20)(H,18,21). The average molecular weight is 321 g/mol. The van der Waals surface area contributed by atoms with E-state index in [0.29, 0.717) is 11.4 Å². The Bertz CT molecular complexity index is 572. The number of anilines is 2. The van der Waals surface area contributed by atoms with Gasteiger partial charge in [-0.15, -0.1) is 0 Å². The molecule has 2 N–H and O–H groups in total. The molecular weight excluding hydrogens is 298 g/mol. The van der Waals surface area contributed by atoms with Gasteiger partial charge in [-0.25, -0.2) is 4.79 Å². The number of hydrogen-bond donors (Lipinski definition) is 2. The SMILES string of the molecule is CCOC(=O)N(C)CC(=O)Nc1cccc(NC(=O)C(C)C)c1. The molecule has 23 heavy (non-hydrogen) atoms. The molecule has 0 aliphatic rings. The van der Waals surface area contributed by atoms with Gasteiger partial charge in [0.15, 0.2) is 0 Å². The summed E-state index contributed by atoms with van der Waals surface area (Å²) in [5.74, 6) is -0.588. The molecule has 0 atom stereocenters. The highest BCUT2D eigenvalue weighted by atomic mass is 16.6. The summed E-state index contributed by atoms with van der Waals surface area (Å²) in [5, 5.41) is 5.43. The Morgan fingerprint density at radius 3 is 2.35 bits per heavy atom. The lowest BCUT2D eigenvalue weighted by molar-refractivity contribution is -0.119. The lowest BCUT2D eigenvalue weighted by Gasteiger charge is -2.16. The molecule has 126 valence electrons. The van der Waals surface area contributed by atoms with E-state index in [0.717, 1.165) is 0 Å². The van der Waals surface area contributed by atoms with Crippen molar-refractivity contribution in [2.24, 2.45) is 5.92 Å². The van der Waals surface area contributed by atoms with E-state index in [1.807, 2.05) is 0 Å². The predicted molar refractivity (Wildman–Crippen MR) is 88.2 cm³/mol. The normalized spacial score (nSPS) is 10.1. The van der Waals surface area contributed by atoms with Gasteiger partial charge in [0.25, 0.3) is 0 Å². The van der Waals surface area contributed by atoms with Crippen LogP contribution in [0.4, 0.5) is 16.2 Å². The molecule has 1 rings (SSSR count). The molecular formula is C16H23N3O4. The number of nitrogens with one attached hydrogen (secondary N) is 2. The summed E-state index contributed by atoms with van der Waals surface area (Å²) in [6.07, 6.45) is -0.555. The Morgan fingerprint density at radius 2 is 1.78 bits per heavy atom. The number of ether oxygens (including phenoxy) is 1. The van der Waals surface area contributed by atoms with Crippen LogP contribution in [0.3, 0.4) is 0 Å². The van der Waals surface area contributed by atoms with Gasteiger partial charge in [-0.3, -0.25) is 9.59 Å². The van der Waals surface area contributed by atoms with Gasteiger partial charge in [0.1, 0.15) is 6.54 Å². The third-order valence-corrected chi connectivity index (χ3v) is 2.90. The van der Waals surface area contributed by atoms with Gasteiger partial charge in [-0.1, -0.05) is 19.9 Å². The lowest BCUT2D eigenvalue weighted by Crippen LogP contribution is -2.35. The fourth-order valence-corrected chi connectivity index (χ4v) is 1.68. The van der Waals surface area contributed by atoms with Gasteiger partial charge in [0, 0.05) is 24.3 Å². The second-order valence-corrected chi connectivity index (χ2v) is 5.33. The topological polar surface area (TPSA) is 87.7 Å². The van der Waals surface area contributed by atoms with Gasteiger partial charge < -0.3 is 20.3 Å². The molecule has 0 saturated heterocycles. The highest BCUT2D eigenvalue weighted by Gasteiger charge is 2.14. The second kappa shape index (κ2) is 8.77. The Morgan fingerprint density at radius 1 is 1.17 bits per heavy atom. The number of amides is 3. The molecule has 0 unspecified atom stereocenters. The van der Waals surface area contributed by atoms with E-state index in [-0.39, 0.29) is 30.9 Å². The first-order chi connectivity index (χ1) is 10.8. The van der Waals surface area contributed by atoms with Gasteiger partial charge in [-0.2, -0.15) is 0 Å². The number of rotatable bonds is 6. The van der Waals surface area contributed by atoms with Gasteiger partial charge >= 0.3 is 6.09 Å². The number of nitrogens with zero attached hydrogens (tertiary/aromatic N) is 1. The Kier molecular flexibility index (Phi) is 7.05. The van der Waals surface area contributed by atoms with Crippen LogP contribution in [-0.2, 0) is 14.3 Å². The fraction of sp³-hybridized carbons (Fsp3) is 0.438. The third-order valence-electron chi connectivity index (χ3n) is 2.90.